The van der Waals surface area contributed by atoms with Crippen molar-refractivity contribution in [1.29, 1.82) is 0 Å². The summed E-state index contributed by atoms with van der Waals surface area (Å²) in [4.78, 5) is 26.7. The highest BCUT2D eigenvalue weighted by Crippen LogP contribution is 2.21. The number of rotatable bonds is 8. The standard InChI is InChI=1S/C14H18N4O3S/c1-20-7-5-18(6-8-21-2)14(19)12-10-22-13(17-12)11-9-15-3-4-16-11/h3-4,9-10H,5-8H2,1-2H3. The molecule has 0 saturated carbocycles. The maximum absolute atomic E-state index is 12.5. The zero-order valence-corrected chi connectivity index (χ0v) is 13.4. The fourth-order valence-corrected chi connectivity index (χ4v) is 2.53. The maximum Gasteiger partial charge on any atom is 0.273 e. The highest BCUT2D eigenvalue weighted by atomic mass is 32.1. The summed E-state index contributed by atoms with van der Waals surface area (Å²) in [6.45, 7) is 1.93. The third kappa shape index (κ3) is 4.30. The lowest BCUT2D eigenvalue weighted by Gasteiger charge is -2.20. The number of hydrogen-bond acceptors (Lipinski definition) is 7. The molecule has 1 amide bonds. The van der Waals surface area contributed by atoms with Crippen LogP contribution in [0.1, 0.15) is 10.5 Å². The Bertz CT molecular complexity index is 583. The molecule has 22 heavy (non-hydrogen) atoms. The van der Waals surface area contributed by atoms with Gasteiger partial charge in [0.2, 0.25) is 0 Å². The van der Waals surface area contributed by atoms with Gasteiger partial charge in [-0.25, -0.2) is 4.98 Å². The van der Waals surface area contributed by atoms with Crippen molar-refractivity contribution in [2.45, 2.75) is 0 Å². The quantitative estimate of drug-likeness (QED) is 0.730. The van der Waals surface area contributed by atoms with Crippen molar-refractivity contribution in [3.63, 3.8) is 0 Å². The molecule has 0 aromatic carbocycles. The number of nitrogens with zero attached hydrogens (tertiary/aromatic N) is 4. The lowest BCUT2D eigenvalue weighted by Crippen LogP contribution is -2.36. The zero-order valence-electron chi connectivity index (χ0n) is 12.6. The number of carbonyl (C=O) groups excluding carboxylic acids is 1. The molecule has 2 aromatic rings. The van der Waals surface area contributed by atoms with E-state index in [2.05, 4.69) is 15.0 Å². The predicted molar refractivity (Wildman–Crippen MR) is 82.8 cm³/mol. The molecule has 0 spiro atoms. The van der Waals surface area contributed by atoms with Crippen LogP contribution in [-0.2, 0) is 9.47 Å². The Kier molecular flexibility index (Phi) is 6.38. The van der Waals surface area contributed by atoms with Crippen molar-refractivity contribution < 1.29 is 14.3 Å². The second kappa shape index (κ2) is 8.52. The molecule has 0 atom stereocenters. The molecule has 0 N–H and O–H groups in total. The Labute approximate surface area is 132 Å². The third-order valence-electron chi connectivity index (χ3n) is 2.92. The summed E-state index contributed by atoms with van der Waals surface area (Å²) in [5.41, 5.74) is 1.06. The van der Waals surface area contributed by atoms with Crippen molar-refractivity contribution in [1.82, 2.24) is 19.9 Å². The number of aromatic nitrogens is 3. The third-order valence-corrected chi connectivity index (χ3v) is 3.79. The van der Waals surface area contributed by atoms with E-state index in [-0.39, 0.29) is 5.91 Å². The predicted octanol–water partition coefficient (Wildman–Crippen LogP) is 1.34. The summed E-state index contributed by atoms with van der Waals surface area (Å²) in [7, 11) is 3.21. The Morgan fingerprint density at radius 1 is 1.23 bits per heavy atom. The Morgan fingerprint density at radius 2 is 1.95 bits per heavy atom. The average Bonchev–Trinajstić information content (AvgIpc) is 3.05. The fraction of sp³-hybridized carbons (Fsp3) is 0.429. The summed E-state index contributed by atoms with van der Waals surface area (Å²) < 4.78 is 10.1. The van der Waals surface area contributed by atoms with Crippen LogP contribution in [-0.4, -0.2) is 66.3 Å². The number of amides is 1. The molecule has 8 heteroatoms. The summed E-state index contributed by atoms with van der Waals surface area (Å²) in [6, 6.07) is 0. The summed E-state index contributed by atoms with van der Waals surface area (Å²) in [5, 5.41) is 2.41. The van der Waals surface area contributed by atoms with E-state index < -0.39 is 0 Å². The lowest BCUT2D eigenvalue weighted by molar-refractivity contribution is 0.0622. The van der Waals surface area contributed by atoms with Crippen molar-refractivity contribution in [2.24, 2.45) is 0 Å². The molecule has 2 heterocycles. The Balaban J connectivity index is 2.11. The normalized spacial score (nSPS) is 10.6. The first-order valence-electron chi connectivity index (χ1n) is 6.75. The number of ether oxygens (including phenoxy) is 2. The molecule has 2 aromatic heterocycles. The number of hydrogen-bond donors (Lipinski definition) is 0. The number of methoxy groups -OCH3 is 2. The molecular weight excluding hydrogens is 304 g/mol. The molecule has 118 valence electrons. The van der Waals surface area contributed by atoms with Gasteiger partial charge in [0.15, 0.2) is 0 Å². The molecule has 0 unspecified atom stereocenters. The first-order chi connectivity index (χ1) is 10.8. The summed E-state index contributed by atoms with van der Waals surface area (Å²) in [5.74, 6) is -0.138. The van der Waals surface area contributed by atoms with Gasteiger partial charge in [0.1, 0.15) is 16.4 Å². The zero-order chi connectivity index (χ0) is 15.8. The smallest absolute Gasteiger partial charge is 0.273 e. The monoisotopic (exact) mass is 322 g/mol. The maximum atomic E-state index is 12.5. The molecule has 7 nitrogen and oxygen atoms in total. The van der Waals surface area contributed by atoms with Gasteiger partial charge in [0.05, 0.1) is 19.4 Å². The molecule has 0 aliphatic heterocycles. The van der Waals surface area contributed by atoms with E-state index in [0.29, 0.717) is 42.7 Å². The van der Waals surface area contributed by atoms with Gasteiger partial charge >= 0.3 is 0 Å². The van der Waals surface area contributed by atoms with E-state index in [1.165, 1.54) is 11.3 Å². The van der Waals surface area contributed by atoms with Crippen LogP contribution in [0.25, 0.3) is 10.7 Å². The summed E-state index contributed by atoms with van der Waals surface area (Å²) in [6.07, 6.45) is 4.82. The van der Waals surface area contributed by atoms with Crippen molar-refractivity contribution in [2.75, 3.05) is 40.5 Å². The van der Waals surface area contributed by atoms with Gasteiger partial charge in [0.25, 0.3) is 5.91 Å². The van der Waals surface area contributed by atoms with Crippen molar-refractivity contribution in [3.05, 3.63) is 29.7 Å². The van der Waals surface area contributed by atoms with E-state index in [1.54, 1.807) is 43.1 Å². The van der Waals surface area contributed by atoms with Crippen LogP contribution in [0.4, 0.5) is 0 Å². The highest BCUT2D eigenvalue weighted by molar-refractivity contribution is 7.13. The largest absolute Gasteiger partial charge is 0.383 e. The van der Waals surface area contributed by atoms with E-state index >= 15 is 0 Å². The lowest BCUT2D eigenvalue weighted by atomic mass is 10.3. The van der Waals surface area contributed by atoms with Crippen LogP contribution in [0.2, 0.25) is 0 Å². The van der Waals surface area contributed by atoms with Gasteiger partial charge < -0.3 is 14.4 Å². The minimum atomic E-state index is -0.138. The molecule has 0 fully saturated rings. The first-order valence-corrected chi connectivity index (χ1v) is 7.63. The molecular formula is C14H18N4O3S. The van der Waals surface area contributed by atoms with E-state index in [4.69, 9.17) is 9.47 Å². The van der Waals surface area contributed by atoms with Gasteiger partial charge in [-0.3, -0.25) is 14.8 Å². The minimum Gasteiger partial charge on any atom is -0.383 e. The molecule has 0 aliphatic carbocycles. The topological polar surface area (TPSA) is 77.4 Å². The summed E-state index contributed by atoms with van der Waals surface area (Å²) >= 11 is 1.37. The van der Waals surface area contributed by atoms with Crippen LogP contribution >= 0.6 is 11.3 Å². The van der Waals surface area contributed by atoms with Gasteiger partial charge in [-0.05, 0) is 0 Å². The SMILES string of the molecule is COCCN(CCOC)C(=O)c1csc(-c2cnccn2)n1. The van der Waals surface area contributed by atoms with Crippen LogP contribution in [0.15, 0.2) is 24.0 Å². The van der Waals surface area contributed by atoms with Crippen molar-refractivity contribution >= 4 is 17.2 Å². The van der Waals surface area contributed by atoms with Gasteiger partial charge in [0, 0.05) is 45.1 Å². The molecule has 2 rings (SSSR count). The van der Waals surface area contributed by atoms with Crippen LogP contribution in [0.3, 0.4) is 0 Å². The second-order valence-corrected chi connectivity index (χ2v) is 5.26. The molecule has 0 aliphatic rings. The van der Waals surface area contributed by atoms with Gasteiger partial charge in [-0.15, -0.1) is 11.3 Å². The van der Waals surface area contributed by atoms with Crippen LogP contribution in [0, 0.1) is 0 Å². The highest BCUT2D eigenvalue weighted by Gasteiger charge is 2.19. The van der Waals surface area contributed by atoms with Crippen molar-refractivity contribution in [3.8, 4) is 10.7 Å². The number of carbonyl (C=O) groups is 1. The van der Waals surface area contributed by atoms with Gasteiger partial charge in [-0.1, -0.05) is 0 Å². The Morgan fingerprint density at radius 3 is 2.55 bits per heavy atom. The van der Waals surface area contributed by atoms with E-state index in [9.17, 15) is 4.79 Å². The molecule has 0 bridgehead atoms. The fourth-order valence-electron chi connectivity index (χ4n) is 1.78. The van der Waals surface area contributed by atoms with E-state index in [0.717, 1.165) is 0 Å². The van der Waals surface area contributed by atoms with E-state index in [1.807, 2.05) is 0 Å². The first kappa shape index (κ1) is 16.5. The molecule has 0 radical (unpaired) electrons. The van der Waals surface area contributed by atoms with Gasteiger partial charge in [-0.2, -0.15) is 0 Å². The van der Waals surface area contributed by atoms with Crippen LogP contribution in [0.5, 0.6) is 0 Å². The molecule has 0 saturated heterocycles. The van der Waals surface area contributed by atoms with Crippen LogP contribution < -0.4 is 0 Å². The average molecular weight is 322 g/mol. The Hall–Kier alpha value is -1.90. The second-order valence-electron chi connectivity index (χ2n) is 4.41. The number of thiazole rings is 1. The minimum absolute atomic E-state index is 0.138.